The van der Waals surface area contributed by atoms with Crippen molar-refractivity contribution in [3.63, 3.8) is 0 Å². The first-order valence-electron chi connectivity index (χ1n) is 9.99. The van der Waals surface area contributed by atoms with Gasteiger partial charge in [0.15, 0.2) is 0 Å². The molecule has 0 saturated heterocycles. The Morgan fingerprint density at radius 2 is 1.80 bits per heavy atom. The van der Waals surface area contributed by atoms with Crippen LogP contribution in [0.15, 0.2) is 66.9 Å². The number of carbonyl (C=O) groups excluding carboxylic acids is 1. The number of halogens is 1. The third-order valence-corrected chi connectivity index (χ3v) is 5.53. The van der Waals surface area contributed by atoms with Gasteiger partial charge in [-0.1, -0.05) is 36.4 Å². The van der Waals surface area contributed by atoms with Gasteiger partial charge in [-0.3, -0.25) is 9.48 Å². The lowest BCUT2D eigenvalue weighted by atomic mass is 10.0. The van der Waals surface area contributed by atoms with Gasteiger partial charge in [0.2, 0.25) is 0 Å². The van der Waals surface area contributed by atoms with E-state index < -0.39 is 0 Å². The number of hydrogen-bond acceptors (Lipinski definition) is 2. The molecule has 5 heteroatoms. The van der Waals surface area contributed by atoms with Gasteiger partial charge in [0.25, 0.3) is 5.91 Å². The second-order valence-electron chi connectivity index (χ2n) is 7.74. The van der Waals surface area contributed by atoms with Crippen LogP contribution in [0.5, 0.6) is 0 Å². The molecule has 0 fully saturated rings. The third-order valence-electron chi connectivity index (χ3n) is 5.53. The fourth-order valence-electron chi connectivity index (χ4n) is 3.50. The van der Waals surface area contributed by atoms with Gasteiger partial charge in [0, 0.05) is 10.9 Å². The average molecular weight is 401 g/mol. The number of hydrogen-bond donors (Lipinski definition) is 1. The van der Waals surface area contributed by atoms with Crippen molar-refractivity contribution in [3.05, 3.63) is 100 Å². The maximum atomic E-state index is 13.2. The van der Waals surface area contributed by atoms with Crippen LogP contribution in [-0.4, -0.2) is 15.7 Å². The smallest absolute Gasteiger partial charge is 0.251 e. The number of benzene rings is 3. The summed E-state index contributed by atoms with van der Waals surface area (Å²) in [7, 11) is 0. The molecule has 0 spiro atoms. The molecule has 0 saturated carbocycles. The van der Waals surface area contributed by atoms with Crippen molar-refractivity contribution in [2.24, 2.45) is 0 Å². The highest BCUT2D eigenvalue weighted by molar-refractivity contribution is 5.98. The SMILES string of the molecule is Cc1ccc([C@@H](C)NC(=O)c2ccc3cnn(Cc4ccc(F)cc4)c3c2)cc1C. The van der Waals surface area contributed by atoms with E-state index in [1.807, 2.05) is 35.9 Å². The van der Waals surface area contributed by atoms with Gasteiger partial charge in [-0.2, -0.15) is 5.10 Å². The number of rotatable bonds is 5. The summed E-state index contributed by atoms with van der Waals surface area (Å²) in [6, 6.07) is 18.1. The van der Waals surface area contributed by atoms with Crippen LogP contribution in [0, 0.1) is 19.7 Å². The molecule has 0 aliphatic heterocycles. The van der Waals surface area contributed by atoms with Crippen molar-refractivity contribution >= 4 is 16.8 Å². The zero-order chi connectivity index (χ0) is 21.3. The van der Waals surface area contributed by atoms with E-state index in [9.17, 15) is 9.18 Å². The van der Waals surface area contributed by atoms with Crippen molar-refractivity contribution in [3.8, 4) is 0 Å². The highest BCUT2D eigenvalue weighted by Gasteiger charge is 2.14. The van der Waals surface area contributed by atoms with Crippen LogP contribution in [0.1, 0.15) is 45.6 Å². The molecule has 0 unspecified atom stereocenters. The van der Waals surface area contributed by atoms with Crippen molar-refractivity contribution in [1.29, 1.82) is 0 Å². The lowest BCUT2D eigenvalue weighted by molar-refractivity contribution is 0.0940. The minimum Gasteiger partial charge on any atom is -0.346 e. The molecule has 1 atom stereocenters. The minimum absolute atomic E-state index is 0.100. The Labute approximate surface area is 175 Å². The number of aryl methyl sites for hydroxylation is 2. The Morgan fingerprint density at radius 1 is 1.03 bits per heavy atom. The Kier molecular flexibility index (Phi) is 5.36. The van der Waals surface area contributed by atoms with E-state index >= 15 is 0 Å². The zero-order valence-electron chi connectivity index (χ0n) is 17.3. The van der Waals surface area contributed by atoms with Crippen LogP contribution in [0.4, 0.5) is 4.39 Å². The predicted molar refractivity (Wildman–Crippen MR) is 117 cm³/mol. The van der Waals surface area contributed by atoms with Crippen molar-refractivity contribution < 1.29 is 9.18 Å². The molecule has 4 nitrogen and oxygen atoms in total. The third kappa shape index (κ3) is 4.10. The summed E-state index contributed by atoms with van der Waals surface area (Å²) in [5.41, 5.74) is 5.91. The Bertz CT molecular complexity index is 1210. The van der Waals surface area contributed by atoms with E-state index in [1.54, 1.807) is 18.3 Å². The lowest BCUT2D eigenvalue weighted by Gasteiger charge is -2.16. The van der Waals surface area contributed by atoms with E-state index in [0.29, 0.717) is 12.1 Å². The van der Waals surface area contributed by atoms with Gasteiger partial charge in [-0.05, 0) is 67.3 Å². The summed E-state index contributed by atoms with van der Waals surface area (Å²) in [6.07, 6.45) is 1.78. The van der Waals surface area contributed by atoms with E-state index in [2.05, 4.69) is 36.4 Å². The molecule has 1 aromatic heterocycles. The van der Waals surface area contributed by atoms with Crippen molar-refractivity contribution in [1.82, 2.24) is 15.1 Å². The molecular weight excluding hydrogens is 377 g/mol. The second-order valence-corrected chi connectivity index (χ2v) is 7.74. The highest BCUT2D eigenvalue weighted by Crippen LogP contribution is 2.20. The quantitative estimate of drug-likeness (QED) is 0.491. The standard InChI is InChI=1S/C25H24FN3O/c1-16-4-7-20(12-17(16)2)18(3)28-25(30)21-8-9-22-14-27-29(24(22)13-21)15-19-5-10-23(26)11-6-19/h4-14,18H,15H2,1-3H3,(H,28,30)/t18-/m1/s1. The Morgan fingerprint density at radius 3 is 2.53 bits per heavy atom. The maximum Gasteiger partial charge on any atom is 0.251 e. The minimum atomic E-state index is -0.263. The summed E-state index contributed by atoms with van der Waals surface area (Å²) in [5, 5.41) is 8.47. The Balaban J connectivity index is 1.55. The summed E-state index contributed by atoms with van der Waals surface area (Å²) in [4.78, 5) is 12.9. The molecule has 1 N–H and O–H groups in total. The highest BCUT2D eigenvalue weighted by atomic mass is 19.1. The summed E-state index contributed by atoms with van der Waals surface area (Å²) < 4.78 is 15.0. The fraction of sp³-hybridized carbons (Fsp3) is 0.200. The van der Waals surface area contributed by atoms with Gasteiger partial charge in [-0.25, -0.2) is 4.39 Å². The summed E-state index contributed by atoms with van der Waals surface area (Å²) >= 11 is 0. The van der Waals surface area contributed by atoms with E-state index in [-0.39, 0.29) is 17.8 Å². The lowest BCUT2D eigenvalue weighted by Crippen LogP contribution is -2.26. The van der Waals surface area contributed by atoms with Crippen LogP contribution in [0.25, 0.3) is 10.9 Å². The van der Waals surface area contributed by atoms with Gasteiger partial charge in [0.05, 0.1) is 24.3 Å². The zero-order valence-corrected chi connectivity index (χ0v) is 17.3. The van der Waals surface area contributed by atoms with E-state index in [0.717, 1.165) is 22.0 Å². The molecule has 4 aromatic rings. The van der Waals surface area contributed by atoms with Crippen LogP contribution >= 0.6 is 0 Å². The average Bonchev–Trinajstić information content (AvgIpc) is 3.13. The van der Waals surface area contributed by atoms with Crippen LogP contribution in [0.3, 0.4) is 0 Å². The number of fused-ring (bicyclic) bond motifs is 1. The second kappa shape index (κ2) is 8.11. The number of carbonyl (C=O) groups is 1. The molecular formula is C25H24FN3O. The maximum absolute atomic E-state index is 13.2. The molecule has 1 heterocycles. The van der Waals surface area contributed by atoms with Gasteiger partial charge in [-0.15, -0.1) is 0 Å². The molecule has 0 aliphatic rings. The molecule has 30 heavy (non-hydrogen) atoms. The first-order chi connectivity index (χ1) is 14.4. The molecule has 0 aliphatic carbocycles. The molecule has 3 aromatic carbocycles. The first-order valence-corrected chi connectivity index (χ1v) is 9.99. The van der Waals surface area contributed by atoms with Crippen LogP contribution < -0.4 is 5.32 Å². The number of aromatic nitrogens is 2. The largest absolute Gasteiger partial charge is 0.346 e. The van der Waals surface area contributed by atoms with Crippen molar-refractivity contribution in [2.45, 2.75) is 33.4 Å². The number of amides is 1. The van der Waals surface area contributed by atoms with E-state index in [1.165, 1.54) is 23.3 Å². The monoisotopic (exact) mass is 401 g/mol. The normalized spacial score (nSPS) is 12.1. The first kappa shape index (κ1) is 19.8. The van der Waals surface area contributed by atoms with Gasteiger partial charge >= 0.3 is 0 Å². The van der Waals surface area contributed by atoms with Crippen LogP contribution in [-0.2, 0) is 6.54 Å². The number of nitrogens with one attached hydrogen (secondary N) is 1. The Hall–Kier alpha value is -3.47. The number of nitrogens with zero attached hydrogens (tertiary/aromatic N) is 2. The molecule has 0 radical (unpaired) electrons. The summed E-state index contributed by atoms with van der Waals surface area (Å²) in [5.74, 6) is -0.391. The molecule has 0 bridgehead atoms. The molecule has 152 valence electrons. The fourth-order valence-corrected chi connectivity index (χ4v) is 3.50. The van der Waals surface area contributed by atoms with Crippen molar-refractivity contribution in [2.75, 3.05) is 0 Å². The molecule has 1 amide bonds. The predicted octanol–water partition coefficient (Wildman–Crippen LogP) is 5.33. The van der Waals surface area contributed by atoms with Crippen LogP contribution in [0.2, 0.25) is 0 Å². The van der Waals surface area contributed by atoms with Gasteiger partial charge < -0.3 is 5.32 Å². The summed E-state index contributed by atoms with van der Waals surface area (Å²) in [6.45, 7) is 6.64. The molecule has 4 rings (SSSR count). The van der Waals surface area contributed by atoms with Gasteiger partial charge in [0.1, 0.15) is 5.82 Å². The van der Waals surface area contributed by atoms with E-state index in [4.69, 9.17) is 0 Å². The topological polar surface area (TPSA) is 46.9 Å².